The molecular weight excluding hydrogens is 489 g/mol. The molecule has 7 nitrogen and oxygen atoms in total. The van der Waals surface area contributed by atoms with Crippen molar-refractivity contribution in [2.75, 3.05) is 18.5 Å². The predicted molar refractivity (Wildman–Crippen MR) is 138 cm³/mol. The number of Topliss-reactive ketones (excluding diaryl/α,β-unsaturated/α-hetero) is 1. The minimum atomic E-state index is -1.72. The SMILES string of the molecule is CN(CC(N)=O)c1c(C(=O)C(C)(C)O)oc2nc(-c3ccccc3Cl)c(-c3ccc(Cl)cc3)cc12. The highest BCUT2D eigenvalue weighted by atomic mass is 35.5. The Balaban J connectivity index is 2.08. The van der Waals surface area contributed by atoms with E-state index in [2.05, 4.69) is 0 Å². The van der Waals surface area contributed by atoms with Crippen molar-refractivity contribution in [1.82, 2.24) is 4.98 Å². The summed E-state index contributed by atoms with van der Waals surface area (Å²) in [6, 6.07) is 16.3. The molecule has 0 spiro atoms. The van der Waals surface area contributed by atoms with Gasteiger partial charge in [0.2, 0.25) is 17.4 Å². The molecule has 4 rings (SSSR count). The number of benzene rings is 2. The smallest absolute Gasteiger partial charge is 0.236 e. The molecule has 180 valence electrons. The largest absolute Gasteiger partial charge is 0.432 e. The summed E-state index contributed by atoms with van der Waals surface area (Å²) in [4.78, 5) is 31.0. The number of carbonyl (C=O) groups excluding carboxylic acids is 2. The molecule has 2 heterocycles. The molecule has 35 heavy (non-hydrogen) atoms. The van der Waals surface area contributed by atoms with Gasteiger partial charge in [-0.1, -0.05) is 53.5 Å². The number of amides is 1. The van der Waals surface area contributed by atoms with Crippen molar-refractivity contribution in [2.24, 2.45) is 5.73 Å². The summed E-state index contributed by atoms with van der Waals surface area (Å²) in [5.74, 6) is -1.38. The summed E-state index contributed by atoms with van der Waals surface area (Å²) in [7, 11) is 1.61. The van der Waals surface area contributed by atoms with Gasteiger partial charge in [-0.15, -0.1) is 0 Å². The third-order valence-corrected chi connectivity index (χ3v) is 6.06. The highest BCUT2D eigenvalue weighted by Gasteiger charge is 2.34. The van der Waals surface area contributed by atoms with E-state index in [1.54, 1.807) is 25.2 Å². The third-order valence-electron chi connectivity index (χ3n) is 5.48. The first kappa shape index (κ1) is 24.7. The van der Waals surface area contributed by atoms with Crippen LogP contribution in [-0.4, -0.2) is 41.0 Å². The lowest BCUT2D eigenvalue weighted by Crippen LogP contribution is -2.34. The molecule has 0 bridgehead atoms. The van der Waals surface area contributed by atoms with Gasteiger partial charge in [-0.3, -0.25) is 9.59 Å². The van der Waals surface area contributed by atoms with Crippen molar-refractivity contribution >= 4 is 51.7 Å². The van der Waals surface area contributed by atoms with Gasteiger partial charge >= 0.3 is 0 Å². The lowest BCUT2D eigenvalue weighted by molar-refractivity contribution is -0.116. The average molecular weight is 512 g/mol. The fourth-order valence-corrected chi connectivity index (χ4v) is 4.19. The molecule has 0 saturated carbocycles. The van der Waals surface area contributed by atoms with Gasteiger partial charge in [0.1, 0.15) is 5.60 Å². The minimum absolute atomic E-state index is 0.123. The number of nitrogens with zero attached hydrogens (tertiary/aromatic N) is 2. The topological polar surface area (TPSA) is 110 Å². The Labute approximate surface area is 212 Å². The predicted octanol–water partition coefficient (Wildman–Crippen LogP) is 5.34. The number of ketones is 1. The molecule has 2 aromatic carbocycles. The van der Waals surface area contributed by atoms with E-state index in [0.29, 0.717) is 37.9 Å². The maximum Gasteiger partial charge on any atom is 0.236 e. The molecule has 0 aliphatic carbocycles. The van der Waals surface area contributed by atoms with E-state index in [1.807, 2.05) is 36.4 Å². The van der Waals surface area contributed by atoms with Crippen LogP contribution < -0.4 is 10.6 Å². The number of halogens is 2. The number of aliphatic hydroxyl groups is 1. The fraction of sp³-hybridized carbons (Fsp3) is 0.192. The summed E-state index contributed by atoms with van der Waals surface area (Å²) in [6.07, 6.45) is 0. The molecule has 0 aliphatic rings. The molecule has 0 unspecified atom stereocenters. The van der Waals surface area contributed by atoms with Crippen molar-refractivity contribution in [3.63, 3.8) is 0 Å². The molecule has 2 aromatic heterocycles. The van der Waals surface area contributed by atoms with E-state index in [-0.39, 0.29) is 18.0 Å². The Morgan fingerprint density at radius 2 is 1.74 bits per heavy atom. The summed E-state index contributed by atoms with van der Waals surface area (Å²) in [5, 5.41) is 11.9. The third kappa shape index (κ3) is 4.89. The van der Waals surface area contributed by atoms with Gasteiger partial charge in [0.25, 0.3) is 0 Å². The second kappa shape index (κ2) is 9.34. The number of primary amides is 1. The van der Waals surface area contributed by atoms with Gasteiger partial charge in [-0.25, -0.2) is 4.98 Å². The second-order valence-electron chi connectivity index (χ2n) is 8.71. The molecular formula is C26H23Cl2N3O4. The minimum Gasteiger partial charge on any atom is -0.432 e. The number of hydrogen-bond acceptors (Lipinski definition) is 6. The number of pyridine rings is 1. The number of likely N-dealkylation sites (N-methyl/N-ethyl adjacent to an activating group) is 1. The second-order valence-corrected chi connectivity index (χ2v) is 9.56. The van der Waals surface area contributed by atoms with Crippen LogP contribution >= 0.6 is 23.2 Å². The Hall–Kier alpha value is -3.39. The Bertz CT molecular complexity index is 1440. The van der Waals surface area contributed by atoms with Crippen LogP contribution in [0.1, 0.15) is 24.4 Å². The van der Waals surface area contributed by atoms with Crippen LogP contribution in [0.4, 0.5) is 5.69 Å². The number of hydrogen-bond donors (Lipinski definition) is 2. The Morgan fingerprint density at radius 1 is 1.09 bits per heavy atom. The van der Waals surface area contributed by atoms with Crippen molar-refractivity contribution < 1.29 is 19.1 Å². The zero-order valence-electron chi connectivity index (χ0n) is 19.3. The number of furan rings is 1. The molecule has 0 radical (unpaired) electrons. The number of nitrogens with two attached hydrogens (primary N) is 1. The highest BCUT2D eigenvalue weighted by Crippen LogP contribution is 2.42. The maximum atomic E-state index is 13.1. The van der Waals surface area contributed by atoms with Crippen LogP contribution in [0.15, 0.2) is 59.0 Å². The van der Waals surface area contributed by atoms with E-state index in [1.165, 1.54) is 18.7 Å². The zero-order valence-corrected chi connectivity index (χ0v) is 20.8. The number of rotatable bonds is 7. The summed E-state index contributed by atoms with van der Waals surface area (Å²) in [6.45, 7) is 2.55. The van der Waals surface area contributed by atoms with Crippen LogP contribution in [-0.2, 0) is 4.79 Å². The first-order valence-electron chi connectivity index (χ1n) is 10.7. The van der Waals surface area contributed by atoms with Crippen molar-refractivity contribution in [2.45, 2.75) is 19.4 Å². The molecule has 0 atom stereocenters. The van der Waals surface area contributed by atoms with Crippen LogP contribution in [0.3, 0.4) is 0 Å². The van der Waals surface area contributed by atoms with Gasteiger partial charge in [0, 0.05) is 28.2 Å². The van der Waals surface area contributed by atoms with Crippen molar-refractivity contribution in [3.8, 4) is 22.4 Å². The number of aromatic nitrogens is 1. The average Bonchev–Trinajstić information content (AvgIpc) is 3.16. The molecule has 4 aromatic rings. The van der Waals surface area contributed by atoms with Gasteiger partial charge in [0.15, 0.2) is 5.76 Å². The number of fused-ring (bicyclic) bond motifs is 1. The van der Waals surface area contributed by atoms with E-state index < -0.39 is 17.3 Å². The number of carbonyl (C=O) groups is 2. The molecule has 0 saturated heterocycles. The quantitative estimate of drug-likeness (QED) is 0.324. The van der Waals surface area contributed by atoms with Gasteiger partial charge in [0.05, 0.1) is 23.3 Å². The summed E-state index contributed by atoms with van der Waals surface area (Å²) < 4.78 is 5.92. The highest BCUT2D eigenvalue weighted by molar-refractivity contribution is 6.33. The van der Waals surface area contributed by atoms with Gasteiger partial charge < -0.3 is 20.2 Å². The standard InChI is InChI=1S/C26H23Cl2N3O4/c1-26(2,34)24(33)23-22(31(3)13-20(29)32)18-12-17(14-8-10-15(27)11-9-14)21(30-25(18)35-23)16-6-4-5-7-19(16)28/h4-12,34H,13H2,1-3H3,(H2,29,32). The molecule has 1 amide bonds. The van der Waals surface area contributed by atoms with Crippen molar-refractivity contribution in [1.29, 1.82) is 0 Å². The molecule has 0 aliphatic heterocycles. The molecule has 3 N–H and O–H groups in total. The summed E-state index contributed by atoms with van der Waals surface area (Å²) >= 11 is 12.6. The molecule has 0 fully saturated rings. The van der Waals surface area contributed by atoms with Crippen molar-refractivity contribution in [3.05, 3.63) is 70.4 Å². The van der Waals surface area contributed by atoms with Crippen LogP contribution in [0, 0.1) is 0 Å². The number of anilines is 1. The maximum absolute atomic E-state index is 13.1. The lowest BCUT2D eigenvalue weighted by Gasteiger charge is -2.20. The zero-order chi connectivity index (χ0) is 25.5. The van der Waals surface area contributed by atoms with E-state index >= 15 is 0 Å². The van der Waals surface area contributed by atoms with Crippen LogP contribution in [0.5, 0.6) is 0 Å². The van der Waals surface area contributed by atoms with Gasteiger partial charge in [-0.05, 0) is 43.7 Å². The first-order valence-corrected chi connectivity index (χ1v) is 11.5. The van der Waals surface area contributed by atoms with Crippen LogP contribution in [0.25, 0.3) is 33.5 Å². The Morgan fingerprint density at radius 3 is 2.34 bits per heavy atom. The Kier molecular flexibility index (Phi) is 6.60. The summed E-state index contributed by atoms with van der Waals surface area (Å²) in [5.41, 5.74) is 6.86. The van der Waals surface area contributed by atoms with E-state index in [9.17, 15) is 14.7 Å². The van der Waals surface area contributed by atoms with E-state index in [4.69, 9.17) is 38.3 Å². The monoisotopic (exact) mass is 511 g/mol. The first-order chi connectivity index (χ1) is 16.5. The van der Waals surface area contributed by atoms with E-state index in [0.717, 1.165) is 5.56 Å². The van der Waals surface area contributed by atoms with Crippen LogP contribution in [0.2, 0.25) is 10.0 Å². The van der Waals surface area contributed by atoms with Gasteiger partial charge in [-0.2, -0.15) is 0 Å². The fourth-order valence-electron chi connectivity index (χ4n) is 3.84. The normalized spacial score (nSPS) is 11.6. The molecule has 9 heteroatoms. The lowest BCUT2D eigenvalue weighted by atomic mass is 9.97.